The molecule has 1 aromatic rings. The maximum atomic E-state index is 14.4. The van der Waals surface area contributed by atoms with Crippen molar-refractivity contribution in [2.75, 3.05) is 0 Å². The molecule has 1 saturated carbocycles. The first-order chi connectivity index (χ1) is 9.33. The highest BCUT2D eigenvalue weighted by Gasteiger charge is 2.45. The van der Waals surface area contributed by atoms with Crippen LogP contribution in [0.15, 0.2) is 15.9 Å². The minimum Gasteiger partial charge on any atom is -0.481 e. The third-order valence-corrected chi connectivity index (χ3v) is 5.71. The molecule has 0 spiro atoms. The first-order valence-corrected chi connectivity index (χ1v) is 8.29. The molecule has 2 nitrogen and oxygen atoms in total. The Labute approximate surface area is 129 Å². The molecule has 1 N–H and O–H groups in total. The highest BCUT2D eigenvalue weighted by molar-refractivity contribution is 9.11. The number of halogens is 3. The summed E-state index contributed by atoms with van der Waals surface area (Å²) in [5, 5.41) is 9.05. The van der Waals surface area contributed by atoms with Crippen molar-refractivity contribution >= 4 is 33.2 Å². The summed E-state index contributed by atoms with van der Waals surface area (Å²) in [5.74, 6) is -3.93. The van der Waals surface area contributed by atoms with Gasteiger partial charge in [-0.25, -0.2) is 8.78 Å². The van der Waals surface area contributed by atoms with Crippen LogP contribution in [0.2, 0.25) is 0 Å². The Kier molecular flexibility index (Phi) is 4.84. The van der Waals surface area contributed by atoms with E-state index in [0.29, 0.717) is 16.6 Å². The number of thiophene rings is 1. The van der Waals surface area contributed by atoms with Crippen molar-refractivity contribution in [1.82, 2.24) is 0 Å². The quantitative estimate of drug-likeness (QED) is 0.755. The molecule has 2 rings (SSSR count). The van der Waals surface area contributed by atoms with E-state index in [0.717, 1.165) is 30.6 Å². The van der Waals surface area contributed by atoms with Crippen LogP contribution in [0.1, 0.15) is 49.8 Å². The van der Waals surface area contributed by atoms with Crippen LogP contribution in [0, 0.1) is 5.41 Å². The van der Waals surface area contributed by atoms with E-state index >= 15 is 0 Å². The van der Waals surface area contributed by atoms with Gasteiger partial charge in [-0.15, -0.1) is 11.3 Å². The molecular weight excluding hydrogens is 350 g/mol. The third-order valence-electron chi connectivity index (χ3n) is 3.97. The highest BCUT2D eigenvalue weighted by atomic mass is 79.9. The van der Waals surface area contributed by atoms with Gasteiger partial charge in [0.25, 0.3) is 5.92 Å². The Morgan fingerprint density at radius 3 is 2.50 bits per heavy atom. The Hall–Kier alpha value is -0.490. The maximum absolute atomic E-state index is 14.4. The number of hydrogen-bond acceptors (Lipinski definition) is 2. The van der Waals surface area contributed by atoms with Gasteiger partial charge in [-0.3, -0.25) is 4.79 Å². The molecule has 0 bridgehead atoms. The van der Waals surface area contributed by atoms with E-state index in [2.05, 4.69) is 15.9 Å². The van der Waals surface area contributed by atoms with E-state index in [9.17, 15) is 13.6 Å². The van der Waals surface area contributed by atoms with Crippen LogP contribution in [0.4, 0.5) is 8.78 Å². The number of carbonyl (C=O) groups is 1. The predicted molar refractivity (Wildman–Crippen MR) is 78.3 cm³/mol. The fourth-order valence-corrected chi connectivity index (χ4v) is 4.47. The van der Waals surface area contributed by atoms with E-state index < -0.39 is 17.3 Å². The zero-order valence-electron chi connectivity index (χ0n) is 11.0. The smallest absolute Gasteiger partial charge is 0.303 e. The van der Waals surface area contributed by atoms with Crippen molar-refractivity contribution in [1.29, 1.82) is 0 Å². The number of alkyl halides is 2. The summed E-state index contributed by atoms with van der Waals surface area (Å²) in [4.78, 5) is 11.1. The van der Waals surface area contributed by atoms with Crippen LogP contribution in [0.5, 0.6) is 0 Å². The first kappa shape index (κ1) is 15.9. The van der Waals surface area contributed by atoms with E-state index in [1.165, 1.54) is 6.07 Å². The molecule has 1 fully saturated rings. The normalized spacial score (nSPS) is 18.9. The van der Waals surface area contributed by atoms with Crippen molar-refractivity contribution in [3.05, 3.63) is 20.8 Å². The molecule has 1 aromatic heterocycles. The van der Waals surface area contributed by atoms with Crippen LogP contribution in [-0.4, -0.2) is 11.1 Å². The lowest BCUT2D eigenvalue weighted by Crippen LogP contribution is -2.33. The van der Waals surface area contributed by atoms with Gasteiger partial charge in [-0.1, -0.05) is 19.3 Å². The Morgan fingerprint density at radius 2 is 2.00 bits per heavy atom. The summed E-state index contributed by atoms with van der Waals surface area (Å²) < 4.78 is 29.6. The largest absolute Gasteiger partial charge is 0.481 e. The van der Waals surface area contributed by atoms with Crippen LogP contribution < -0.4 is 0 Å². The highest BCUT2D eigenvalue weighted by Crippen LogP contribution is 2.51. The summed E-state index contributed by atoms with van der Waals surface area (Å²) in [7, 11) is 0. The average Bonchev–Trinajstić information content (AvgIpc) is 2.76. The summed E-state index contributed by atoms with van der Waals surface area (Å²) in [5.41, 5.74) is -0.760. The Balaban J connectivity index is 2.20. The van der Waals surface area contributed by atoms with Gasteiger partial charge in [-0.05, 0) is 46.3 Å². The molecule has 0 aromatic carbocycles. The SMILES string of the molecule is O=C(O)CC1(CC(F)(F)c2ccc(Br)s2)CCCCC1. The molecule has 0 unspecified atom stereocenters. The van der Waals surface area contributed by atoms with Gasteiger partial charge in [-0.2, -0.15) is 0 Å². The molecule has 0 atom stereocenters. The monoisotopic (exact) mass is 366 g/mol. The molecule has 1 aliphatic rings. The standard InChI is InChI=1S/C14H17BrF2O2S/c15-11-5-4-10(20-11)14(16,17)9-13(8-12(18)19)6-2-1-3-7-13/h4-5H,1-3,6-9H2,(H,18,19). The lowest BCUT2D eigenvalue weighted by molar-refractivity contribution is -0.143. The molecular formula is C14H17BrF2O2S. The maximum Gasteiger partial charge on any atom is 0.303 e. The Morgan fingerprint density at radius 1 is 1.35 bits per heavy atom. The van der Waals surface area contributed by atoms with Crippen molar-refractivity contribution in [2.45, 2.75) is 50.9 Å². The third kappa shape index (κ3) is 3.79. The summed E-state index contributed by atoms with van der Waals surface area (Å²) in [6.45, 7) is 0. The first-order valence-electron chi connectivity index (χ1n) is 6.68. The second-order valence-corrected chi connectivity index (χ2v) is 8.08. The van der Waals surface area contributed by atoms with Crippen LogP contribution >= 0.6 is 27.3 Å². The van der Waals surface area contributed by atoms with Gasteiger partial charge in [0.05, 0.1) is 15.1 Å². The number of rotatable bonds is 5. The van der Waals surface area contributed by atoms with Crippen molar-refractivity contribution in [3.63, 3.8) is 0 Å². The van der Waals surface area contributed by atoms with E-state index in [1.807, 2.05) is 0 Å². The van der Waals surface area contributed by atoms with E-state index in [-0.39, 0.29) is 17.7 Å². The van der Waals surface area contributed by atoms with E-state index in [1.54, 1.807) is 6.07 Å². The molecule has 112 valence electrons. The van der Waals surface area contributed by atoms with Gasteiger partial charge in [0.1, 0.15) is 0 Å². The zero-order chi connectivity index (χ0) is 14.8. The molecule has 1 aliphatic carbocycles. The zero-order valence-corrected chi connectivity index (χ0v) is 13.4. The van der Waals surface area contributed by atoms with Crippen LogP contribution in [-0.2, 0) is 10.7 Å². The molecule has 0 saturated heterocycles. The molecule has 20 heavy (non-hydrogen) atoms. The summed E-state index contributed by atoms with van der Waals surface area (Å²) in [6, 6.07) is 3.03. The summed E-state index contributed by atoms with van der Waals surface area (Å²) >= 11 is 4.21. The van der Waals surface area contributed by atoms with Gasteiger partial charge in [0.15, 0.2) is 0 Å². The van der Waals surface area contributed by atoms with Gasteiger partial charge in [0, 0.05) is 6.42 Å². The predicted octanol–water partition coefficient (Wildman–Crippen LogP) is 5.42. The van der Waals surface area contributed by atoms with Crippen molar-refractivity contribution in [2.24, 2.45) is 5.41 Å². The molecule has 0 aliphatic heterocycles. The number of aliphatic carboxylic acids is 1. The lowest BCUT2D eigenvalue weighted by Gasteiger charge is -2.38. The lowest BCUT2D eigenvalue weighted by atomic mass is 9.68. The van der Waals surface area contributed by atoms with E-state index in [4.69, 9.17) is 5.11 Å². The fraction of sp³-hybridized carbons (Fsp3) is 0.643. The number of carboxylic acid groups (broad SMARTS) is 1. The second kappa shape index (κ2) is 6.10. The van der Waals surface area contributed by atoms with Crippen molar-refractivity contribution in [3.8, 4) is 0 Å². The van der Waals surface area contributed by atoms with Crippen LogP contribution in [0.25, 0.3) is 0 Å². The van der Waals surface area contributed by atoms with Crippen LogP contribution in [0.3, 0.4) is 0 Å². The number of carboxylic acids is 1. The fourth-order valence-electron chi connectivity index (χ4n) is 3.11. The molecule has 0 amide bonds. The van der Waals surface area contributed by atoms with Gasteiger partial charge in [0.2, 0.25) is 0 Å². The minimum absolute atomic E-state index is 0.0136. The molecule has 1 heterocycles. The minimum atomic E-state index is -2.95. The summed E-state index contributed by atoms with van der Waals surface area (Å²) in [6.07, 6.45) is 3.35. The molecule has 0 radical (unpaired) electrons. The topological polar surface area (TPSA) is 37.3 Å². The average molecular weight is 367 g/mol. The molecule has 6 heteroatoms. The number of hydrogen-bond donors (Lipinski definition) is 1. The van der Waals surface area contributed by atoms with Crippen molar-refractivity contribution < 1.29 is 18.7 Å². The van der Waals surface area contributed by atoms with Gasteiger partial charge < -0.3 is 5.11 Å². The second-order valence-electron chi connectivity index (χ2n) is 5.62. The van der Waals surface area contributed by atoms with Gasteiger partial charge >= 0.3 is 5.97 Å². The Bertz CT molecular complexity index is 481.